The summed E-state index contributed by atoms with van der Waals surface area (Å²) in [7, 11) is -3.08. The number of sulfone groups is 1. The Balaban J connectivity index is 2.35. The monoisotopic (exact) mass is 430 g/mol. The van der Waals surface area contributed by atoms with Gasteiger partial charge in [-0.25, -0.2) is 22.9 Å². The number of nitrogens with one attached hydrogen (secondary N) is 3. The van der Waals surface area contributed by atoms with Crippen LogP contribution < -0.4 is 10.6 Å². The van der Waals surface area contributed by atoms with E-state index in [2.05, 4.69) is 20.7 Å². The minimum absolute atomic E-state index is 0.000122. The Morgan fingerprint density at radius 1 is 1.28 bits per heavy atom. The second-order valence-electron chi connectivity index (χ2n) is 7.27. The van der Waals surface area contributed by atoms with E-state index in [9.17, 15) is 13.2 Å². The number of amides is 2. The highest BCUT2D eigenvalue weighted by atomic mass is 32.2. The molecule has 0 spiro atoms. The van der Waals surface area contributed by atoms with Crippen LogP contribution in [0.1, 0.15) is 64.7 Å². The van der Waals surface area contributed by atoms with E-state index < -0.39 is 9.84 Å². The maximum Gasteiger partial charge on any atom is 0.314 e. The molecular weight excluding hydrogens is 396 g/mol. The molecule has 0 aliphatic rings. The van der Waals surface area contributed by atoms with Crippen LogP contribution in [0.3, 0.4) is 0 Å². The zero-order valence-corrected chi connectivity index (χ0v) is 18.6. The van der Waals surface area contributed by atoms with Crippen LogP contribution in [0.2, 0.25) is 0 Å². The highest BCUT2D eigenvalue weighted by Gasteiger charge is 2.16. The Kier molecular flexibility index (Phi) is 10.6. The highest BCUT2D eigenvalue weighted by Crippen LogP contribution is 2.10. The fourth-order valence-electron chi connectivity index (χ4n) is 2.74. The number of rotatable bonds is 13. The topological polar surface area (TPSA) is 139 Å². The number of hydrogen-bond donors (Lipinski definition) is 3. The molecule has 1 rings (SSSR count). The molecule has 1 atom stereocenters. The number of carbonyl (C=O) groups is 1. The van der Waals surface area contributed by atoms with Gasteiger partial charge in [0, 0.05) is 24.9 Å². The molecule has 0 saturated carbocycles. The van der Waals surface area contributed by atoms with E-state index in [0.717, 1.165) is 19.3 Å². The zero-order valence-electron chi connectivity index (χ0n) is 17.8. The molecule has 0 radical (unpaired) electrons. The normalized spacial score (nSPS) is 12.6. The summed E-state index contributed by atoms with van der Waals surface area (Å²) >= 11 is 0. The van der Waals surface area contributed by atoms with Crippen LogP contribution in [-0.2, 0) is 14.6 Å². The van der Waals surface area contributed by atoms with Gasteiger partial charge in [0.1, 0.15) is 16.2 Å². The predicted octanol–water partition coefficient (Wildman–Crippen LogP) is 1.88. The zero-order chi connectivity index (χ0) is 21.9. The van der Waals surface area contributed by atoms with Gasteiger partial charge < -0.3 is 15.4 Å². The van der Waals surface area contributed by atoms with Gasteiger partial charge in [-0.1, -0.05) is 6.42 Å². The van der Waals surface area contributed by atoms with Gasteiger partial charge in [0.25, 0.3) is 5.90 Å². The van der Waals surface area contributed by atoms with Gasteiger partial charge in [-0.3, -0.25) is 5.41 Å². The first-order valence-electron chi connectivity index (χ1n) is 9.97. The van der Waals surface area contributed by atoms with Crippen LogP contribution in [0.4, 0.5) is 4.79 Å². The number of carbonyl (C=O) groups excluding carboxylic acids is 1. The Bertz CT molecular complexity index is 747. The number of nitrogens with zero attached hydrogens (tertiary/aromatic N) is 3. The maximum absolute atomic E-state index is 11.7. The second-order valence-corrected chi connectivity index (χ2v) is 9.53. The molecule has 10 nitrogen and oxygen atoms in total. The number of aromatic nitrogens is 3. The van der Waals surface area contributed by atoms with Crippen LogP contribution in [0, 0.1) is 5.41 Å². The van der Waals surface area contributed by atoms with Gasteiger partial charge >= 0.3 is 6.03 Å². The second kappa shape index (κ2) is 12.4. The van der Waals surface area contributed by atoms with Crippen molar-refractivity contribution in [3.8, 4) is 0 Å². The van der Waals surface area contributed by atoms with Crippen LogP contribution in [0.5, 0.6) is 0 Å². The standard InChI is InChI=1S/C18H34N6O4S/c1-5-20-18(25)23-15(10-12-29(4,26)27)9-7-6-8-11-28-16(19)17-21-13-22-24(17)14(2)3/h13-15,19H,5-12H2,1-4H3,(H2,20,23,25)/t15-/m1/s1. The van der Waals surface area contributed by atoms with Crippen molar-refractivity contribution in [3.63, 3.8) is 0 Å². The lowest BCUT2D eigenvalue weighted by molar-refractivity contribution is 0.235. The maximum atomic E-state index is 11.7. The van der Waals surface area contributed by atoms with Gasteiger partial charge in [-0.15, -0.1) is 0 Å². The smallest absolute Gasteiger partial charge is 0.314 e. The van der Waals surface area contributed by atoms with Crippen molar-refractivity contribution in [1.29, 1.82) is 5.41 Å². The molecule has 3 N–H and O–H groups in total. The number of urea groups is 1. The molecule has 1 aromatic rings. The molecule has 0 fully saturated rings. The van der Waals surface area contributed by atoms with Gasteiger partial charge in [-0.2, -0.15) is 5.10 Å². The molecule has 0 aliphatic carbocycles. The molecule has 2 amide bonds. The number of hydrogen-bond acceptors (Lipinski definition) is 7. The first kappa shape index (κ1) is 24.9. The molecule has 0 bridgehead atoms. The quantitative estimate of drug-likeness (QED) is 0.248. The first-order chi connectivity index (χ1) is 13.6. The number of ether oxygens (including phenoxy) is 1. The summed E-state index contributed by atoms with van der Waals surface area (Å²) in [6.07, 6.45) is 6.09. The lowest BCUT2D eigenvalue weighted by atomic mass is 10.1. The van der Waals surface area contributed by atoms with Crippen molar-refractivity contribution in [3.05, 3.63) is 12.2 Å². The van der Waals surface area contributed by atoms with Crippen molar-refractivity contribution in [2.45, 2.75) is 65.0 Å². The fourth-order valence-corrected chi connectivity index (χ4v) is 3.45. The summed E-state index contributed by atoms with van der Waals surface area (Å²) in [4.78, 5) is 15.8. The number of unbranched alkanes of at least 4 members (excludes halogenated alkanes) is 2. The minimum Gasteiger partial charge on any atom is -0.475 e. The third-order valence-corrected chi connectivity index (χ3v) is 5.20. The molecule has 11 heteroatoms. The summed E-state index contributed by atoms with van der Waals surface area (Å²) in [5.74, 6) is 0.452. The van der Waals surface area contributed by atoms with Gasteiger partial charge in [0.2, 0.25) is 5.82 Å². The Morgan fingerprint density at radius 2 is 2.00 bits per heavy atom. The van der Waals surface area contributed by atoms with Crippen LogP contribution in [0.15, 0.2) is 6.33 Å². The first-order valence-corrected chi connectivity index (χ1v) is 12.0. The largest absolute Gasteiger partial charge is 0.475 e. The Hall–Kier alpha value is -2.17. The summed E-state index contributed by atoms with van der Waals surface area (Å²) < 4.78 is 29.9. The predicted molar refractivity (Wildman–Crippen MR) is 112 cm³/mol. The van der Waals surface area contributed by atoms with Crippen LogP contribution in [-0.4, -0.2) is 66.3 Å². The van der Waals surface area contributed by atoms with E-state index in [4.69, 9.17) is 10.1 Å². The van der Waals surface area contributed by atoms with Crippen molar-refractivity contribution in [1.82, 2.24) is 25.4 Å². The molecular formula is C18H34N6O4S. The van der Waals surface area contributed by atoms with Gasteiger partial charge in [-0.05, 0) is 46.5 Å². The molecule has 29 heavy (non-hydrogen) atoms. The van der Waals surface area contributed by atoms with Crippen molar-refractivity contribution in [2.75, 3.05) is 25.2 Å². The molecule has 0 saturated heterocycles. The van der Waals surface area contributed by atoms with E-state index in [-0.39, 0.29) is 29.8 Å². The van der Waals surface area contributed by atoms with Crippen LogP contribution >= 0.6 is 0 Å². The Morgan fingerprint density at radius 3 is 2.62 bits per heavy atom. The summed E-state index contributed by atoms with van der Waals surface area (Å²) in [5.41, 5.74) is 0. The van der Waals surface area contributed by atoms with Crippen molar-refractivity contribution in [2.24, 2.45) is 0 Å². The fraction of sp³-hybridized carbons (Fsp3) is 0.778. The SMILES string of the molecule is CCNC(=O)N[C@H](CCCCCOC(=N)c1ncnn1C(C)C)CCS(C)(=O)=O. The lowest BCUT2D eigenvalue weighted by Gasteiger charge is -2.18. The lowest BCUT2D eigenvalue weighted by Crippen LogP contribution is -2.42. The van der Waals surface area contributed by atoms with E-state index in [0.29, 0.717) is 31.8 Å². The minimum atomic E-state index is -3.08. The average Bonchev–Trinajstić information content (AvgIpc) is 3.11. The third-order valence-electron chi connectivity index (χ3n) is 4.22. The molecule has 1 aromatic heterocycles. The van der Waals surface area contributed by atoms with Gasteiger partial charge in [0.15, 0.2) is 0 Å². The van der Waals surface area contributed by atoms with Gasteiger partial charge in [0.05, 0.1) is 12.4 Å². The molecule has 0 aliphatic heterocycles. The van der Waals surface area contributed by atoms with Crippen molar-refractivity contribution < 1.29 is 17.9 Å². The molecule has 1 heterocycles. The molecule has 166 valence electrons. The molecule has 0 unspecified atom stereocenters. The van der Waals surface area contributed by atoms with Crippen molar-refractivity contribution >= 4 is 21.8 Å². The highest BCUT2D eigenvalue weighted by molar-refractivity contribution is 7.90. The van der Waals surface area contributed by atoms with E-state index in [1.165, 1.54) is 12.6 Å². The van der Waals surface area contributed by atoms with E-state index in [1.807, 2.05) is 20.8 Å². The van der Waals surface area contributed by atoms with E-state index in [1.54, 1.807) is 4.68 Å². The average molecular weight is 431 g/mol. The third kappa shape index (κ3) is 10.2. The Labute approximate surface area is 173 Å². The van der Waals surface area contributed by atoms with E-state index >= 15 is 0 Å². The summed E-state index contributed by atoms with van der Waals surface area (Å²) in [6, 6.07) is -0.380. The molecule has 0 aromatic carbocycles. The summed E-state index contributed by atoms with van der Waals surface area (Å²) in [6.45, 7) is 6.65. The van der Waals surface area contributed by atoms with Crippen LogP contribution in [0.25, 0.3) is 0 Å². The summed E-state index contributed by atoms with van der Waals surface area (Å²) in [5, 5.41) is 17.6.